The van der Waals surface area contributed by atoms with Gasteiger partial charge in [0.25, 0.3) is 0 Å². The number of morpholine rings is 1. The zero-order valence-corrected chi connectivity index (χ0v) is 17.2. The molecule has 5 nitrogen and oxygen atoms in total. The predicted octanol–water partition coefficient (Wildman–Crippen LogP) is 4.60. The SMILES string of the molecule is O=C(Nc1ccc(C(F)(F)F)cc1)N1CCOC2(CCN(Cc3ccccc3)CC2)C1. The molecular formula is C23H26F3N3O2. The largest absolute Gasteiger partial charge is 0.416 e. The van der Waals surface area contributed by atoms with Gasteiger partial charge in [0.1, 0.15) is 0 Å². The molecule has 0 aromatic heterocycles. The lowest BCUT2D eigenvalue weighted by atomic mass is 9.89. The van der Waals surface area contributed by atoms with Crippen molar-refractivity contribution in [2.75, 3.05) is 38.1 Å². The van der Waals surface area contributed by atoms with Gasteiger partial charge in [-0.1, -0.05) is 30.3 Å². The number of nitrogens with one attached hydrogen (secondary N) is 1. The lowest BCUT2D eigenvalue weighted by Crippen LogP contribution is -2.58. The maximum Gasteiger partial charge on any atom is 0.416 e. The van der Waals surface area contributed by atoms with E-state index in [4.69, 9.17) is 4.74 Å². The number of urea groups is 1. The van der Waals surface area contributed by atoms with Crippen LogP contribution >= 0.6 is 0 Å². The average molecular weight is 433 g/mol. The summed E-state index contributed by atoms with van der Waals surface area (Å²) in [4.78, 5) is 16.8. The van der Waals surface area contributed by atoms with Crippen molar-refractivity contribution in [2.24, 2.45) is 0 Å². The Kier molecular flexibility index (Phi) is 6.20. The summed E-state index contributed by atoms with van der Waals surface area (Å²) in [6.45, 7) is 4.08. The average Bonchev–Trinajstić information content (AvgIpc) is 2.76. The van der Waals surface area contributed by atoms with Gasteiger partial charge in [-0.05, 0) is 42.7 Å². The summed E-state index contributed by atoms with van der Waals surface area (Å²) in [7, 11) is 0. The fourth-order valence-electron chi connectivity index (χ4n) is 4.23. The van der Waals surface area contributed by atoms with Gasteiger partial charge in [0.05, 0.1) is 24.3 Å². The van der Waals surface area contributed by atoms with Crippen LogP contribution in [0.4, 0.5) is 23.7 Å². The molecule has 1 spiro atoms. The Bertz CT molecular complexity index is 879. The van der Waals surface area contributed by atoms with Crippen molar-refractivity contribution in [3.8, 4) is 0 Å². The van der Waals surface area contributed by atoms with E-state index in [9.17, 15) is 18.0 Å². The molecule has 2 aliphatic heterocycles. The van der Waals surface area contributed by atoms with E-state index in [2.05, 4.69) is 22.3 Å². The number of rotatable bonds is 3. The van der Waals surface area contributed by atoms with Gasteiger partial charge in [0.15, 0.2) is 0 Å². The highest BCUT2D eigenvalue weighted by Gasteiger charge is 2.41. The van der Waals surface area contributed by atoms with E-state index in [1.165, 1.54) is 17.7 Å². The van der Waals surface area contributed by atoms with Gasteiger partial charge in [-0.2, -0.15) is 13.2 Å². The number of carbonyl (C=O) groups is 1. The van der Waals surface area contributed by atoms with E-state index in [1.807, 2.05) is 18.2 Å². The molecule has 31 heavy (non-hydrogen) atoms. The Labute approximate surface area is 179 Å². The van der Waals surface area contributed by atoms with Crippen molar-refractivity contribution in [1.29, 1.82) is 0 Å². The molecule has 2 amide bonds. The van der Waals surface area contributed by atoms with Gasteiger partial charge < -0.3 is 15.0 Å². The Morgan fingerprint density at radius 3 is 2.32 bits per heavy atom. The van der Waals surface area contributed by atoms with Crippen LogP contribution in [0.25, 0.3) is 0 Å². The van der Waals surface area contributed by atoms with Gasteiger partial charge in [0, 0.05) is 31.9 Å². The smallest absolute Gasteiger partial charge is 0.371 e. The molecule has 4 rings (SSSR count). The summed E-state index contributed by atoms with van der Waals surface area (Å²) in [5, 5.41) is 2.71. The number of benzene rings is 2. The van der Waals surface area contributed by atoms with Crippen LogP contribution in [-0.4, -0.2) is 54.2 Å². The summed E-state index contributed by atoms with van der Waals surface area (Å²) < 4.78 is 44.3. The van der Waals surface area contributed by atoms with Gasteiger partial charge in [-0.3, -0.25) is 4.90 Å². The minimum Gasteiger partial charge on any atom is -0.371 e. The van der Waals surface area contributed by atoms with Crippen molar-refractivity contribution < 1.29 is 22.7 Å². The maximum absolute atomic E-state index is 12.7. The highest BCUT2D eigenvalue weighted by Crippen LogP contribution is 2.32. The number of hydrogen-bond acceptors (Lipinski definition) is 3. The van der Waals surface area contributed by atoms with Gasteiger partial charge >= 0.3 is 12.2 Å². The van der Waals surface area contributed by atoms with Crippen LogP contribution in [0.3, 0.4) is 0 Å². The molecule has 166 valence electrons. The summed E-state index contributed by atoms with van der Waals surface area (Å²) in [5.41, 5.74) is 0.526. The Morgan fingerprint density at radius 2 is 1.68 bits per heavy atom. The molecule has 0 saturated carbocycles. The molecule has 0 atom stereocenters. The number of hydrogen-bond donors (Lipinski definition) is 1. The molecule has 0 bridgehead atoms. The number of carbonyl (C=O) groups excluding carboxylic acids is 1. The van der Waals surface area contributed by atoms with E-state index in [-0.39, 0.29) is 11.6 Å². The number of likely N-dealkylation sites (tertiary alicyclic amines) is 1. The van der Waals surface area contributed by atoms with Crippen LogP contribution in [0.15, 0.2) is 54.6 Å². The first-order chi connectivity index (χ1) is 14.8. The van der Waals surface area contributed by atoms with Crippen molar-refractivity contribution in [3.05, 3.63) is 65.7 Å². The number of anilines is 1. The summed E-state index contributed by atoms with van der Waals surface area (Å²) in [5.74, 6) is 0. The normalized spacial score (nSPS) is 19.4. The van der Waals surface area contributed by atoms with Crippen LogP contribution in [0.1, 0.15) is 24.0 Å². The molecular weight excluding hydrogens is 407 g/mol. The lowest BCUT2D eigenvalue weighted by Gasteiger charge is -2.47. The number of nitrogens with zero attached hydrogens (tertiary/aromatic N) is 2. The highest BCUT2D eigenvalue weighted by atomic mass is 19.4. The van der Waals surface area contributed by atoms with Gasteiger partial charge in [0.2, 0.25) is 0 Å². The van der Waals surface area contributed by atoms with Crippen LogP contribution in [-0.2, 0) is 17.5 Å². The monoisotopic (exact) mass is 433 g/mol. The summed E-state index contributed by atoms with van der Waals surface area (Å²) >= 11 is 0. The Morgan fingerprint density at radius 1 is 1.00 bits per heavy atom. The topological polar surface area (TPSA) is 44.8 Å². The second-order valence-electron chi connectivity index (χ2n) is 8.22. The highest BCUT2D eigenvalue weighted by molar-refractivity contribution is 5.89. The van der Waals surface area contributed by atoms with E-state index in [0.717, 1.165) is 44.6 Å². The molecule has 0 radical (unpaired) electrons. The zero-order chi connectivity index (χ0) is 21.9. The first kappa shape index (κ1) is 21.6. The number of halogens is 3. The van der Waals surface area contributed by atoms with Crippen molar-refractivity contribution in [1.82, 2.24) is 9.80 Å². The molecule has 2 heterocycles. The van der Waals surface area contributed by atoms with Crippen molar-refractivity contribution >= 4 is 11.7 Å². The molecule has 2 fully saturated rings. The molecule has 1 N–H and O–H groups in total. The Hall–Kier alpha value is -2.58. The second-order valence-corrected chi connectivity index (χ2v) is 8.22. The first-order valence-corrected chi connectivity index (χ1v) is 10.5. The predicted molar refractivity (Wildman–Crippen MR) is 112 cm³/mol. The van der Waals surface area contributed by atoms with E-state index >= 15 is 0 Å². The van der Waals surface area contributed by atoms with Gasteiger partial charge in [-0.15, -0.1) is 0 Å². The van der Waals surface area contributed by atoms with Crippen LogP contribution in [0.2, 0.25) is 0 Å². The molecule has 2 aliphatic rings. The standard InChI is InChI=1S/C23H26F3N3O2/c24-23(25,26)19-6-8-20(9-7-19)27-21(30)29-14-15-31-22(17-29)10-12-28(13-11-22)16-18-4-2-1-3-5-18/h1-9H,10-17H2,(H,27,30). The molecule has 2 aromatic carbocycles. The number of piperidine rings is 1. The molecule has 0 unspecified atom stereocenters. The third-order valence-electron chi connectivity index (χ3n) is 6.02. The zero-order valence-electron chi connectivity index (χ0n) is 17.2. The maximum atomic E-state index is 12.7. The molecule has 8 heteroatoms. The molecule has 2 aromatic rings. The van der Waals surface area contributed by atoms with E-state index < -0.39 is 11.7 Å². The fraction of sp³-hybridized carbons (Fsp3) is 0.435. The Balaban J connectivity index is 1.31. The summed E-state index contributed by atoms with van der Waals surface area (Å²) in [6.07, 6.45) is -2.72. The first-order valence-electron chi connectivity index (χ1n) is 10.5. The number of amides is 2. The number of ether oxygens (including phenoxy) is 1. The minimum atomic E-state index is -4.39. The molecule has 2 saturated heterocycles. The van der Waals surface area contributed by atoms with Crippen molar-refractivity contribution in [3.63, 3.8) is 0 Å². The van der Waals surface area contributed by atoms with Crippen LogP contribution in [0.5, 0.6) is 0 Å². The summed E-state index contributed by atoms with van der Waals surface area (Å²) in [6, 6.07) is 14.5. The van der Waals surface area contributed by atoms with E-state index in [1.54, 1.807) is 4.90 Å². The van der Waals surface area contributed by atoms with E-state index in [0.29, 0.717) is 25.4 Å². The minimum absolute atomic E-state index is 0.311. The second kappa shape index (κ2) is 8.88. The van der Waals surface area contributed by atoms with Gasteiger partial charge in [-0.25, -0.2) is 4.79 Å². The lowest BCUT2D eigenvalue weighted by molar-refractivity contribution is -0.137. The van der Waals surface area contributed by atoms with Crippen LogP contribution < -0.4 is 5.32 Å². The van der Waals surface area contributed by atoms with Crippen LogP contribution in [0, 0.1) is 0 Å². The number of alkyl halides is 3. The fourth-order valence-corrected chi connectivity index (χ4v) is 4.23. The molecule has 0 aliphatic carbocycles. The van der Waals surface area contributed by atoms with Crippen molar-refractivity contribution in [2.45, 2.75) is 31.2 Å². The third-order valence-corrected chi connectivity index (χ3v) is 6.02. The third kappa shape index (κ3) is 5.37. The quantitative estimate of drug-likeness (QED) is 0.769.